The van der Waals surface area contributed by atoms with E-state index in [2.05, 4.69) is 10.6 Å². The van der Waals surface area contributed by atoms with E-state index in [-0.39, 0.29) is 24.8 Å². The normalized spacial score (nSPS) is 10.6. The maximum absolute atomic E-state index is 12.3. The Morgan fingerprint density at radius 2 is 1.57 bits per heavy atom. The van der Waals surface area contributed by atoms with Crippen LogP contribution in [-0.2, 0) is 27.4 Å². The van der Waals surface area contributed by atoms with Crippen molar-refractivity contribution in [3.63, 3.8) is 0 Å². The van der Waals surface area contributed by atoms with Crippen molar-refractivity contribution >= 4 is 28.3 Å². The number of rotatable bonds is 8. The number of benzene rings is 3. The molecule has 144 valence electrons. The standard InChI is InChI=1S/C23H24N2O3/c1-2-28-16-19-9-4-6-13-21(19)25-23(27)15-24-22(26)14-18-11-7-10-17-8-3-5-12-20(17)18/h3-13H,2,14-16H2,1H3,(H,24,26)(H,25,27). The van der Waals surface area contributed by atoms with E-state index in [4.69, 9.17) is 4.74 Å². The van der Waals surface area contributed by atoms with Crippen molar-refractivity contribution in [2.75, 3.05) is 18.5 Å². The molecule has 5 nitrogen and oxygen atoms in total. The second-order valence-electron chi connectivity index (χ2n) is 6.43. The minimum atomic E-state index is -0.268. The fourth-order valence-electron chi connectivity index (χ4n) is 3.04. The van der Waals surface area contributed by atoms with E-state index in [1.807, 2.05) is 73.7 Å². The van der Waals surface area contributed by atoms with Gasteiger partial charge in [-0.15, -0.1) is 0 Å². The first-order valence-electron chi connectivity index (χ1n) is 9.36. The third-order valence-electron chi connectivity index (χ3n) is 4.43. The van der Waals surface area contributed by atoms with Gasteiger partial charge < -0.3 is 15.4 Å². The van der Waals surface area contributed by atoms with Crippen molar-refractivity contribution in [2.45, 2.75) is 20.0 Å². The molecular weight excluding hydrogens is 352 g/mol. The minimum absolute atomic E-state index is 0.0768. The highest BCUT2D eigenvalue weighted by Crippen LogP contribution is 2.19. The first-order valence-corrected chi connectivity index (χ1v) is 9.36. The fraction of sp³-hybridized carbons (Fsp3) is 0.217. The highest BCUT2D eigenvalue weighted by molar-refractivity contribution is 5.96. The zero-order chi connectivity index (χ0) is 19.8. The lowest BCUT2D eigenvalue weighted by molar-refractivity contribution is -0.123. The van der Waals surface area contributed by atoms with Gasteiger partial charge in [0.25, 0.3) is 0 Å². The lowest BCUT2D eigenvalue weighted by atomic mass is 10.0. The van der Waals surface area contributed by atoms with Gasteiger partial charge in [0.1, 0.15) is 0 Å². The molecule has 0 saturated heterocycles. The number of carbonyl (C=O) groups excluding carboxylic acids is 2. The number of fused-ring (bicyclic) bond motifs is 1. The number of hydrogen-bond acceptors (Lipinski definition) is 3. The van der Waals surface area contributed by atoms with Crippen LogP contribution in [0.2, 0.25) is 0 Å². The van der Waals surface area contributed by atoms with Crippen molar-refractivity contribution in [3.8, 4) is 0 Å². The summed E-state index contributed by atoms with van der Waals surface area (Å²) >= 11 is 0. The Balaban J connectivity index is 1.55. The number of carbonyl (C=O) groups is 2. The summed E-state index contributed by atoms with van der Waals surface area (Å²) in [6.07, 6.45) is 0.232. The molecule has 2 amide bonds. The summed E-state index contributed by atoms with van der Waals surface area (Å²) in [5.41, 5.74) is 2.54. The van der Waals surface area contributed by atoms with Crippen LogP contribution in [0.5, 0.6) is 0 Å². The Morgan fingerprint density at radius 3 is 2.43 bits per heavy atom. The smallest absolute Gasteiger partial charge is 0.243 e. The molecule has 28 heavy (non-hydrogen) atoms. The van der Waals surface area contributed by atoms with Crippen molar-refractivity contribution in [2.24, 2.45) is 0 Å². The Morgan fingerprint density at radius 1 is 0.857 bits per heavy atom. The third-order valence-corrected chi connectivity index (χ3v) is 4.43. The van der Waals surface area contributed by atoms with Gasteiger partial charge in [0.15, 0.2) is 0 Å². The molecule has 0 aliphatic heterocycles. The summed E-state index contributed by atoms with van der Waals surface area (Å²) in [7, 11) is 0. The van der Waals surface area contributed by atoms with Gasteiger partial charge in [-0.25, -0.2) is 0 Å². The SMILES string of the molecule is CCOCc1ccccc1NC(=O)CNC(=O)Cc1cccc2ccccc12. The fourth-order valence-corrected chi connectivity index (χ4v) is 3.04. The van der Waals surface area contributed by atoms with Gasteiger partial charge in [0.05, 0.1) is 19.6 Å². The van der Waals surface area contributed by atoms with Crippen LogP contribution >= 0.6 is 0 Å². The Hall–Kier alpha value is -3.18. The molecule has 0 aliphatic carbocycles. The summed E-state index contributed by atoms with van der Waals surface area (Å²) in [6, 6.07) is 21.3. The van der Waals surface area contributed by atoms with Crippen LogP contribution in [0.25, 0.3) is 10.8 Å². The van der Waals surface area contributed by atoms with Gasteiger partial charge in [-0.05, 0) is 29.3 Å². The molecule has 0 bridgehead atoms. The number of anilines is 1. The molecule has 0 atom stereocenters. The summed E-state index contributed by atoms with van der Waals surface area (Å²) in [5.74, 6) is -0.454. The number of ether oxygens (including phenoxy) is 1. The zero-order valence-corrected chi connectivity index (χ0v) is 15.9. The summed E-state index contributed by atoms with van der Waals surface area (Å²) < 4.78 is 5.42. The molecule has 3 rings (SSSR count). The quantitative estimate of drug-likeness (QED) is 0.630. The molecule has 0 fully saturated rings. The average molecular weight is 376 g/mol. The van der Waals surface area contributed by atoms with Gasteiger partial charge in [0.2, 0.25) is 11.8 Å². The van der Waals surface area contributed by atoms with E-state index in [0.717, 1.165) is 21.9 Å². The Labute approximate surface area is 164 Å². The highest BCUT2D eigenvalue weighted by Gasteiger charge is 2.10. The summed E-state index contributed by atoms with van der Waals surface area (Å²) in [6.45, 7) is 2.88. The molecule has 0 heterocycles. The van der Waals surface area contributed by atoms with E-state index in [1.54, 1.807) is 0 Å². The average Bonchev–Trinajstić information content (AvgIpc) is 2.72. The van der Waals surface area contributed by atoms with E-state index < -0.39 is 0 Å². The summed E-state index contributed by atoms with van der Waals surface area (Å²) in [4.78, 5) is 24.6. The third kappa shape index (κ3) is 5.18. The van der Waals surface area contributed by atoms with Crippen LogP contribution in [0.3, 0.4) is 0 Å². The van der Waals surface area contributed by atoms with Gasteiger partial charge in [-0.3, -0.25) is 9.59 Å². The van der Waals surface area contributed by atoms with Gasteiger partial charge in [-0.1, -0.05) is 60.7 Å². The van der Waals surface area contributed by atoms with Crippen molar-refractivity contribution < 1.29 is 14.3 Å². The first-order chi connectivity index (χ1) is 13.7. The molecule has 2 N–H and O–H groups in total. The first kappa shape index (κ1) is 19.6. The van der Waals surface area contributed by atoms with Crippen LogP contribution in [-0.4, -0.2) is 25.0 Å². The Kier molecular flexibility index (Phi) is 6.76. The number of amides is 2. The van der Waals surface area contributed by atoms with Crippen molar-refractivity contribution in [1.82, 2.24) is 5.32 Å². The molecule has 0 unspecified atom stereocenters. The van der Waals surface area contributed by atoms with Crippen LogP contribution in [0.15, 0.2) is 66.7 Å². The van der Waals surface area contributed by atoms with Gasteiger partial charge in [0, 0.05) is 17.9 Å². The lowest BCUT2D eigenvalue weighted by Gasteiger charge is -2.12. The second-order valence-corrected chi connectivity index (χ2v) is 6.43. The van der Waals surface area contributed by atoms with E-state index in [0.29, 0.717) is 18.9 Å². The molecule has 0 saturated carbocycles. The predicted molar refractivity (Wildman–Crippen MR) is 111 cm³/mol. The van der Waals surface area contributed by atoms with Crippen molar-refractivity contribution in [1.29, 1.82) is 0 Å². The van der Waals surface area contributed by atoms with Crippen LogP contribution in [0.1, 0.15) is 18.1 Å². The highest BCUT2D eigenvalue weighted by atomic mass is 16.5. The molecular formula is C23H24N2O3. The van der Waals surface area contributed by atoms with E-state index in [9.17, 15) is 9.59 Å². The molecule has 3 aromatic carbocycles. The summed E-state index contributed by atoms with van der Waals surface area (Å²) in [5, 5.41) is 7.68. The molecule has 0 spiro atoms. The van der Waals surface area contributed by atoms with Crippen molar-refractivity contribution in [3.05, 3.63) is 77.9 Å². The number of para-hydroxylation sites is 1. The van der Waals surface area contributed by atoms with E-state index >= 15 is 0 Å². The van der Waals surface area contributed by atoms with Gasteiger partial charge >= 0.3 is 0 Å². The molecule has 0 aromatic heterocycles. The molecule has 3 aromatic rings. The van der Waals surface area contributed by atoms with Crippen LogP contribution < -0.4 is 10.6 Å². The van der Waals surface area contributed by atoms with E-state index in [1.165, 1.54) is 0 Å². The number of hydrogen-bond donors (Lipinski definition) is 2. The topological polar surface area (TPSA) is 67.4 Å². The maximum atomic E-state index is 12.3. The molecule has 0 aliphatic rings. The maximum Gasteiger partial charge on any atom is 0.243 e. The van der Waals surface area contributed by atoms with Crippen LogP contribution in [0, 0.1) is 0 Å². The number of nitrogens with one attached hydrogen (secondary N) is 2. The monoisotopic (exact) mass is 376 g/mol. The molecule has 5 heteroatoms. The van der Waals surface area contributed by atoms with Gasteiger partial charge in [-0.2, -0.15) is 0 Å². The Bertz CT molecular complexity index is 963. The van der Waals surface area contributed by atoms with Crippen LogP contribution in [0.4, 0.5) is 5.69 Å². The lowest BCUT2D eigenvalue weighted by Crippen LogP contribution is -2.34. The molecule has 0 radical (unpaired) electrons. The predicted octanol–water partition coefficient (Wildman–Crippen LogP) is 3.67. The second kappa shape index (κ2) is 9.67. The largest absolute Gasteiger partial charge is 0.377 e. The minimum Gasteiger partial charge on any atom is -0.377 e. The zero-order valence-electron chi connectivity index (χ0n) is 15.9.